The third-order valence-electron chi connectivity index (χ3n) is 2.99. The second-order valence-corrected chi connectivity index (χ2v) is 7.21. The summed E-state index contributed by atoms with van der Waals surface area (Å²) in [6.07, 6.45) is 0. The van der Waals surface area contributed by atoms with Gasteiger partial charge in [0.25, 0.3) is 0 Å². The third-order valence-corrected chi connectivity index (χ3v) is 4.69. The molecule has 0 unspecified atom stereocenters. The Labute approximate surface area is 132 Å². The third kappa shape index (κ3) is 3.71. The fourth-order valence-corrected chi connectivity index (χ4v) is 3.30. The van der Waals surface area contributed by atoms with Crippen LogP contribution in [-0.2, 0) is 15.6 Å². The van der Waals surface area contributed by atoms with Crippen LogP contribution in [0.4, 0.5) is 0 Å². The molecule has 2 rings (SSSR count). The lowest BCUT2D eigenvalue weighted by Gasteiger charge is -2.06. The molecule has 8 nitrogen and oxygen atoms in total. The molecule has 10 heteroatoms. The van der Waals surface area contributed by atoms with Gasteiger partial charge in [-0.05, 0) is 19.1 Å². The maximum Gasteiger partial charge on any atom is 0.214 e. The first kappa shape index (κ1) is 16.2. The lowest BCUT2D eigenvalue weighted by molar-refractivity contribution is 0.319. The maximum absolute atomic E-state index is 12.2. The number of hydrogen-bond donors (Lipinski definition) is 3. The molecule has 0 aliphatic carbocycles. The van der Waals surface area contributed by atoms with Crippen molar-refractivity contribution < 1.29 is 13.6 Å². The summed E-state index contributed by atoms with van der Waals surface area (Å²) in [4.78, 5) is 0. The van der Waals surface area contributed by atoms with E-state index in [0.717, 1.165) is 10.2 Å². The summed E-state index contributed by atoms with van der Waals surface area (Å²) in [5.41, 5.74) is 1.60. The van der Waals surface area contributed by atoms with Crippen molar-refractivity contribution in [1.29, 1.82) is 0 Å². The second-order valence-electron chi connectivity index (χ2n) is 4.76. The van der Waals surface area contributed by atoms with E-state index in [1.165, 1.54) is 0 Å². The van der Waals surface area contributed by atoms with Crippen LogP contribution in [0.15, 0.2) is 29.4 Å². The van der Waals surface area contributed by atoms with E-state index in [2.05, 4.69) is 15.4 Å². The fraction of sp³-hybridized carbons (Fsp3) is 0.250. The van der Waals surface area contributed by atoms with Crippen LogP contribution in [0, 0.1) is 11.7 Å². The molecule has 0 bridgehead atoms. The van der Waals surface area contributed by atoms with Gasteiger partial charge in [-0.1, -0.05) is 35.0 Å². The fourth-order valence-electron chi connectivity index (χ4n) is 1.81. The molecule has 0 atom stereocenters. The van der Waals surface area contributed by atoms with Gasteiger partial charge >= 0.3 is 0 Å². The Morgan fingerprint density at radius 1 is 1.45 bits per heavy atom. The Hall–Kier alpha value is -2.20. The predicted molar refractivity (Wildman–Crippen MR) is 84.6 cm³/mol. The summed E-state index contributed by atoms with van der Waals surface area (Å²) < 4.78 is 25.6. The number of sulfone groups is 1. The SMILES string of the molecule is Cc1ccc(/C(CS(=O)(=O)Cc2n[nH]c(=S)n2N)=N\O)cc1. The van der Waals surface area contributed by atoms with Crippen molar-refractivity contribution in [3.8, 4) is 0 Å². The minimum atomic E-state index is -3.63. The monoisotopic (exact) mass is 341 g/mol. The molecule has 22 heavy (non-hydrogen) atoms. The number of rotatable bonds is 5. The molecule has 0 aliphatic heterocycles. The average molecular weight is 341 g/mol. The van der Waals surface area contributed by atoms with Gasteiger partial charge < -0.3 is 11.0 Å². The van der Waals surface area contributed by atoms with Gasteiger partial charge in [-0.15, -0.1) is 0 Å². The van der Waals surface area contributed by atoms with Crippen molar-refractivity contribution in [2.24, 2.45) is 5.16 Å². The zero-order valence-electron chi connectivity index (χ0n) is 11.7. The zero-order valence-corrected chi connectivity index (χ0v) is 13.4. The van der Waals surface area contributed by atoms with E-state index in [4.69, 9.17) is 23.3 Å². The first-order valence-corrected chi connectivity index (χ1v) is 8.45. The predicted octanol–water partition coefficient (Wildman–Crippen LogP) is 0.756. The molecule has 0 spiro atoms. The molecule has 0 radical (unpaired) electrons. The summed E-state index contributed by atoms with van der Waals surface area (Å²) in [6, 6.07) is 6.99. The van der Waals surface area contributed by atoms with Gasteiger partial charge in [0.15, 0.2) is 15.7 Å². The Morgan fingerprint density at radius 2 is 2.09 bits per heavy atom. The molecule has 118 valence electrons. The molecular formula is C12H15N5O3S2. The van der Waals surface area contributed by atoms with E-state index >= 15 is 0 Å². The number of oxime groups is 1. The van der Waals surface area contributed by atoms with Crippen molar-refractivity contribution >= 4 is 27.8 Å². The van der Waals surface area contributed by atoms with Crippen LogP contribution in [0.2, 0.25) is 0 Å². The number of aromatic amines is 1. The zero-order chi connectivity index (χ0) is 16.3. The molecule has 1 aromatic heterocycles. The molecular weight excluding hydrogens is 326 g/mol. The number of nitrogen functional groups attached to an aromatic ring is 1. The van der Waals surface area contributed by atoms with Gasteiger partial charge in [0, 0.05) is 5.56 Å². The number of H-pyrrole nitrogens is 1. The van der Waals surface area contributed by atoms with Crippen LogP contribution in [0.25, 0.3) is 0 Å². The molecule has 0 saturated carbocycles. The van der Waals surface area contributed by atoms with Crippen LogP contribution < -0.4 is 5.84 Å². The van der Waals surface area contributed by atoms with Gasteiger partial charge in [0.05, 0.1) is 5.75 Å². The minimum absolute atomic E-state index is 0.0534. The van der Waals surface area contributed by atoms with Crippen LogP contribution in [-0.4, -0.2) is 40.0 Å². The number of nitrogens with one attached hydrogen (secondary N) is 1. The van der Waals surface area contributed by atoms with Gasteiger partial charge in [-0.25, -0.2) is 13.1 Å². The lowest BCUT2D eigenvalue weighted by atomic mass is 10.1. The number of nitrogens with zero attached hydrogens (tertiary/aromatic N) is 3. The van der Waals surface area contributed by atoms with Crippen LogP contribution in [0.3, 0.4) is 0 Å². The number of benzene rings is 1. The first-order chi connectivity index (χ1) is 10.3. The Bertz CT molecular complexity index is 850. The molecule has 0 fully saturated rings. The standard InChI is InChI=1S/C12H15N5O3S2/c1-8-2-4-9(5-3-8)10(16-18)6-22(19,20)7-11-14-15-12(21)17(11)13/h2-5,18H,6-7,13H2,1H3,(H,15,21)/b16-10-. The van der Waals surface area contributed by atoms with Crippen LogP contribution >= 0.6 is 12.2 Å². The minimum Gasteiger partial charge on any atom is -0.411 e. The Morgan fingerprint density at radius 3 is 2.59 bits per heavy atom. The second kappa shape index (κ2) is 6.28. The van der Waals surface area contributed by atoms with E-state index < -0.39 is 21.3 Å². The quantitative estimate of drug-likeness (QED) is 0.242. The molecule has 0 saturated heterocycles. The normalized spacial score (nSPS) is 12.5. The van der Waals surface area contributed by atoms with E-state index in [1.54, 1.807) is 24.3 Å². The van der Waals surface area contributed by atoms with Gasteiger partial charge in [0.2, 0.25) is 4.77 Å². The lowest BCUT2D eigenvalue weighted by Crippen LogP contribution is -2.22. The number of aromatic nitrogens is 3. The highest BCUT2D eigenvalue weighted by atomic mass is 32.2. The first-order valence-electron chi connectivity index (χ1n) is 6.22. The van der Waals surface area contributed by atoms with Crippen molar-refractivity contribution in [1.82, 2.24) is 14.9 Å². The molecule has 2 aromatic rings. The van der Waals surface area contributed by atoms with E-state index in [1.807, 2.05) is 6.92 Å². The van der Waals surface area contributed by atoms with E-state index in [-0.39, 0.29) is 16.3 Å². The maximum atomic E-state index is 12.2. The van der Waals surface area contributed by atoms with Gasteiger partial charge in [-0.3, -0.25) is 5.10 Å². The molecule has 1 aromatic carbocycles. The number of aryl methyl sites for hydroxylation is 1. The summed E-state index contributed by atoms with van der Waals surface area (Å²) in [5.74, 6) is 4.81. The Kier molecular flexibility index (Phi) is 4.62. The smallest absolute Gasteiger partial charge is 0.214 e. The summed E-state index contributed by atoms with van der Waals surface area (Å²) >= 11 is 4.82. The largest absolute Gasteiger partial charge is 0.411 e. The van der Waals surface area contributed by atoms with E-state index in [0.29, 0.717) is 5.56 Å². The van der Waals surface area contributed by atoms with Crippen LogP contribution in [0.1, 0.15) is 17.0 Å². The van der Waals surface area contributed by atoms with Gasteiger partial charge in [-0.2, -0.15) is 5.10 Å². The van der Waals surface area contributed by atoms with Crippen molar-refractivity contribution in [2.75, 3.05) is 11.6 Å². The summed E-state index contributed by atoms with van der Waals surface area (Å²) in [6.45, 7) is 1.90. The molecule has 0 aliphatic rings. The number of hydrogen-bond acceptors (Lipinski definition) is 7. The van der Waals surface area contributed by atoms with Crippen LogP contribution in [0.5, 0.6) is 0 Å². The topological polar surface area (TPSA) is 126 Å². The number of nitrogens with two attached hydrogens (primary N) is 1. The van der Waals surface area contributed by atoms with Crippen molar-refractivity contribution in [3.05, 3.63) is 46.0 Å². The summed E-state index contributed by atoms with van der Waals surface area (Å²) in [7, 11) is -3.63. The van der Waals surface area contributed by atoms with Gasteiger partial charge in [0.1, 0.15) is 11.5 Å². The molecule has 0 amide bonds. The highest BCUT2D eigenvalue weighted by Crippen LogP contribution is 2.09. The molecule has 1 heterocycles. The van der Waals surface area contributed by atoms with Crippen molar-refractivity contribution in [2.45, 2.75) is 12.7 Å². The molecule has 4 N–H and O–H groups in total. The summed E-state index contributed by atoms with van der Waals surface area (Å²) in [5, 5.41) is 18.4. The van der Waals surface area contributed by atoms with Crippen molar-refractivity contribution in [3.63, 3.8) is 0 Å². The highest BCUT2D eigenvalue weighted by molar-refractivity contribution is 7.91. The van der Waals surface area contributed by atoms with E-state index in [9.17, 15) is 8.42 Å². The highest BCUT2D eigenvalue weighted by Gasteiger charge is 2.20. The average Bonchev–Trinajstić information content (AvgIpc) is 2.77. The Balaban J connectivity index is 2.21.